The van der Waals surface area contributed by atoms with Crippen LogP contribution in [0.2, 0.25) is 0 Å². The van der Waals surface area contributed by atoms with Gasteiger partial charge in [-0.15, -0.1) is 19.7 Å². The van der Waals surface area contributed by atoms with E-state index < -0.39 is 23.4 Å². The number of rotatable bonds is 20. The molecule has 6 aromatic rings. The molecule has 6 aromatic carbocycles. The molecule has 0 radical (unpaired) electrons. The Balaban J connectivity index is -0.000000232. The predicted octanol–water partition coefficient (Wildman–Crippen LogP) is 5.99. The maximum atomic E-state index is 13.3. The molecule has 0 saturated heterocycles. The second kappa shape index (κ2) is 96.4. The Hall–Kier alpha value is 23.9. The summed E-state index contributed by atoms with van der Waals surface area (Å²) in [6.07, 6.45) is 4.20. The van der Waals surface area contributed by atoms with E-state index in [0.717, 1.165) is 39.3 Å². The van der Waals surface area contributed by atoms with Crippen LogP contribution < -0.4 is 42.5 Å². The van der Waals surface area contributed by atoms with E-state index in [-0.39, 0.29) is 29.8 Å². The van der Waals surface area contributed by atoms with E-state index in [1.54, 1.807) is 121 Å². The molecule has 14 nitrogen and oxygen atoms in total. The zero-order valence-corrected chi connectivity index (χ0v) is 129. The van der Waals surface area contributed by atoms with E-state index in [1.807, 2.05) is 41.3 Å². The molecule has 0 aliphatic heterocycles. The summed E-state index contributed by atoms with van der Waals surface area (Å²) in [5, 5.41) is 5.39. The molecule has 440 valence electrons. The van der Waals surface area contributed by atoms with E-state index in [1.165, 1.54) is 668 Å². The van der Waals surface area contributed by atoms with Crippen molar-refractivity contribution in [2.24, 2.45) is 0 Å². The minimum atomic E-state index is -0.697. The first kappa shape index (κ1) is 136. The van der Waals surface area contributed by atoms with Gasteiger partial charge in [-0.25, -0.2) is 22.8 Å². The monoisotopic (exact) mass is 1860 g/mol. The molecule has 6 rings (SSSR count). The first-order chi connectivity index (χ1) is 47.4. The van der Waals surface area contributed by atoms with Crippen LogP contribution in [0.4, 0.5) is 68.3 Å². The molecule has 0 heterocycles. The quantitative estimate of drug-likeness (QED) is 0.0198. The molecule has 0 unspecified atom stereocenters. The Morgan fingerprint density at radius 2 is 0.717 bits per heavy atom. The number of carbonyl (C=O) groups is 3. The second-order valence-electron chi connectivity index (χ2n) is 20.0. The molecule has 0 aromatic heterocycles. The van der Waals surface area contributed by atoms with Gasteiger partial charge in [0.1, 0.15) is 28.7 Å². The number of ether oxygens (including phenoxy) is 3. The van der Waals surface area contributed by atoms with Crippen molar-refractivity contribution >= 4 is 695 Å². The number of anilines is 8. The van der Waals surface area contributed by atoms with Crippen molar-refractivity contribution in [2.75, 3.05) is 68.8 Å². The number of esters is 1. The summed E-state index contributed by atoms with van der Waals surface area (Å²) in [5.74, 6) is -1.09. The third kappa shape index (κ3) is 76.9. The van der Waals surface area contributed by atoms with Gasteiger partial charge in [-0.1, -0.05) is 60.7 Å². The van der Waals surface area contributed by atoms with E-state index in [4.69, 9.17) is 31.4 Å². The number of benzene rings is 6. The number of hydrogen-bond donors (Lipinski definition) is 5. The molecule has 0 saturated carbocycles. The van der Waals surface area contributed by atoms with Crippen molar-refractivity contribution in [3.63, 3.8) is 0 Å². The Morgan fingerprint density at radius 1 is 0.424 bits per heavy atom. The first-order valence-electron chi connectivity index (χ1n) is 35.5. The van der Waals surface area contributed by atoms with Crippen LogP contribution in [0.3, 0.4) is 0 Å². The summed E-state index contributed by atoms with van der Waals surface area (Å²) in [6.45, 7) is 27.6. The Morgan fingerprint density at radius 3 is 1.01 bits per heavy atom. The van der Waals surface area contributed by atoms with Gasteiger partial charge >= 0.3 is 650 Å². The third-order valence-corrected chi connectivity index (χ3v) is 11.1. The van der Waals surface area contributed by atoms with E-state index in [0.29, 0.717) is 74.3 Å². The topological polar surface area (TPSA) is 191 Å². The molecule has 0 spiro atoms. The predicted molar refractivity (Wildman–Crippen MR) is 431 cm³/mol. The van der Waals surface area contributed by atoms with Crippen molar-refractivity contribution in [1.29, 1.82) is 0 Å². The van der Waals surface area contributed by atoms with Crippen LogP contribution in [0.5, 0.6) is 0 Å². The van der Waals surface area contributed by atoms with E-state index in [2.05, 4.69) is 40.2 Å². The van der Waals surface area contributed by atoms with E-state index >= 15 is 0 Å². The van der Waals surface area contributed by atoms with Crippen molar-refractivity contribution in [2.45, 2.75) is 85.7 Å². The summed E-state index contributed by atoms with van der Waals surface area (Å²) < 4.78 is 55.0. The van der Waals surface area contributed by atoms with Crippen LogP contribution >= 0.6 is 0 Å². The van der Waals surface area contributed by atoms with Crippen molar-refractivity contribution in [3.05, 3.63) is 205 Å². The fraction of sp³-hybridized carbons (Fsp3) is 0.274. The number of carbonyl (C=O) groups excluding carboxylic acids is 3. The van der Waals surface area contributed by atoms with Crippen LogP contribution in [-0.2, 0) is 45.1 Å². The summed E-state index contributed by atoms with van der Waals surface area (Å²) in [5.41, 5.74) is 24.9. The minimum absolute atomic E-state index is 0.152. The van der Waals surface area contributed by atoms with E-state index in [9.17, 15) is 27.6 Å². The molecule has 0 aliphatic carbocycles. The first-order valence-corrected chi connectivity index (χ1v) is 196. The van der Waals surface area contributed by atoms with Gasteiger partial charge in [0.25, 0.3) is 0 Å². The number of nitrogen functional groups attached to an aromatic ring is 3. The molecule has 8 N–H and O–H groups in total. The fourth-order valence-corrected chi connectivity index (χ4v) is 7.52. The third-order valence-electron chi connectivity index (χ3n) is 11.1. The number of nitrogens with zero attached hydrogens (tertiary/aromatic N) is 3. The molecule has 2 amide bonds. The Labute approximate surface area is 1050 Å². The number of hydrogen-bond acceptors (Lipinski definition) is 12. The molecule has 0 bridgehead atoms. The summed E-state index contributed by atoms with van der Waals surface area (Å²) in [4.78, 5) is 42.6. The van der Waals surface area contributed by atoms with Gasteiger partial charge in [0.2, 0.25) is 0 Å². The number of amides is 2. The van der Waals surface area contributed by atoms with Crippen molar-refractivity contribution in [3.8, 4) is 0 Å². The normalized spacial score (nSPS) is 9.39. The molecule has 99 heavy (non-hydrogen) atoms. The van der Waals surface area contributed by atoms with Crippen LogP contribution in [0.1, 0.15) is 70.7 Å². The molecule has 0 aliphatic rings. The Bertz CT molecular complexity index is 3030. The molecule has 0 fully saturated rings. The van der Waals surface area contributed by atoms with Crippen LogP contribution in [-0.4, -0.2) is 687 Å². The number of halogens is 3. The standard InChI is InChI=1S/C26H34FN3O4.C20H23FN2O2.C16H18FN3.20K/c1-8-15-30(17-18-9-11-19(27)12-10-18)20-13-14-21(28-23(31)33-25(2,3)4)22(16-20)29-24(32)34-26(5,6)7;1-3-11-23(14-15-5-8-17(21)9-6-15)18-10-7-16(19(22)13-18)12-20(24)25-4-2;1-2-9-20(11-12-3-5-13(17)6-4-12)14-7-8-15(18)16(19)10-14;;;;;;;;;;;;;;;;;;;;/h8-14,16H,1,15,17H2,2-7H3,(H,28,31)(H,29,32);3,5-10,13H,1,4,11-12,14,22H2,2H3;2-8,10H,1,9,11,18-19H2;;;;;;;;;;;;;;;;;;;;. The Kier molecular flexibility index (Phi) is 132. The molecular formula is C62H75F3K20N8O6. The second-order valence-corrected chi connectivity index (χ2v) is 20.0. The van der Waals surface area contributed by atoms with Gasteiger partial charge in [-0.05, 0) is 156 Å². The van der Waals surface area contributed by atoms with Gasteiger partial charge in [0.05, 0.1) is 35.8 Å². The fourth-order valence-electron chi connectivity index (χ4n) is 7.52. The SMILES string of the molecule is C=CCN(Cc1ccc(F)cc1)c1ccc(CC(=O)OCC)c(N)c1.C=CCN(Cc1ccc(F)cc1)c1ccc(N)c(N)c1.C=CCN(Cc1ccc(F)cc1)c1ccc(NC(=O)OC(C)(C)C)c(NC(=O)OC(C)(C)C)c1.[K][K].[K][K].[K][K].[K][K].[K][K].[K][K].[K][K].[K][K].[K][K].[K][K]. The number of nitrogens with one attached hydrogen (secondary N) is 2. The zero-order chi connectivity index (χ0) is 78.3. The van der Waals surface area contributed by atoms with Gasteiger partial charge in [0.15, 0.2) is 0 Å². The van der Waals surface area contributed by atoms with Gasteiger partial charge in [-0.2, -0.15) is 0 Å². The summed E-state index contributed by atoms with van der Waals surface area (Å²) in [6, 6.07) is 35.4. The number of nitrogens with two attached hydrogens (primary N) is 3. The van der Waals surface area contributed by atoms with Crippen LogP contribution in [0.25, 0.3) is 0 Å². The average Bonchev–Trinajstić information content (AvgIpc) is 0.838. The van der Waals surface area contributed by atoms with Crippen LogP contribution in [0.15, 0.2) is 165 Å². The molecule has 37 heteroatoms. The zero-order valence-electron chi connectivity index (χ0n) is 66.3. The molecular weight excluding hydrogens is 1790 g/mol. The summed E-state index contributed by atoms with van der Waals surface area (Å²) in [7, 11) is 0. The summed E-state index contributed by atoms with van der Waals surface area (Å²) >= 11 is 25.0. The van der Waals surface area contributed by atoms with Gasteiger partial charge in [0, 0.05) is 62.0 Å². The van der Waals surface area contributed by atoms with Gasteiger partial charge < -0.3 is 46.1 Å². The maximum absolute atomic E-state index is 13.3. The van der Waals surface area contributed by atoms with Crippen molar-refractivity contribution in [1.82, 2.24) is 0 Å². The molecule has 0 atom stereocenters. The van der Waals surface area contributed by atoms with Gasteiger partial charge in [-0.3, -0.25) is 15.4 Å². The average molecular weight is 1870 g/mol. The van der Waals surface area contributed by atoms with Crippen LogP contribution in [0, 0.1) is 17.5 Å². The van der Waals surface area contributed by atoms with Crippen molar-refractivity contribution < 1.29 is 41.8 Å².